The number of aryl methyl sites for hydroxylation is 2. The summed E-state index contributed by atoms with van der Waals surface area (Å²) in [6.45, 7) is 4.05. The lowest BCUT2D eigenvalue weighted by Gasteiger charge is -2.16. The van der Waals surface area contributed by atoms with E-state index < -0.39 is 4.92 Å². The van der Waals surface area contributed by atoms with Crippen LogP contribution in [-0.2, 0) is 12.8 Å². The number of nitrogens with zero attached hydrogens (tertiary/aromatic N) is 1. The van der Waals surface area contributed by atoms with Crippen LogP contribution >= 0.6 is 11.3 Å². The largest absolute Gasteiger partial charge is 0.321 e. The maximum absolute atomic E-state index is 12.5. The SMILES string of the molecule is Cc1ccc([N+](=O)[O-])cc1NC(=O)c1cc2c(s1)CCC(C)C2. The van der Waals surface area contributed by atoms with Gasteiger partial charge >= 0.3 is 0 Å². The molecule has 0 saturated heterocycles. The normalized spacial score (nSPS) is 16.7. The fourth-order valence-electron chi connectivity index (χ4n) is 2.86. The van der Waals surface area contributed by atoms with Crippen molar-refractivity contribution in [3.05, 3.63) is 55.3 Å². The Bertz CT molecular complexity index is 782. The number of anilines is 1. The molecule has 1 atom stereocenters. The zero-order valence-corrected chi connectivity index (χ0v) is 13.9. The van der Waals surface area contributed by atoms with Crippen LogP contribution in [0.2, 0.25) is 0 Å². The topological polar surface area (TPSA) is 72.2 Å². The molecule has 1 aromatic carbocycles. The molecule has 1 heterocycles. The van der Waals surface area contributed by atoms with Gasteiger partial charge in [-0.15, -0.1) is 11.3 Å². The highest BCUT2D eigenvalue weighted by atomic mass is 32.1. The smallest absolute Gasteiger partial charge is 0.271 e. The molecule has 0 radical (unpaired) electrons. The summed E-state index contributed by atoms with van der Waals surface area (Å²) in [7, 11) is 0. The van der Waals surface area contributed by atoms with E-state index >= 15 is 0 Å². The molecule has 3 rings (SSSR count). The molecule has 23 heavy (non-hydrogen) atoms. The first-order valence-corrected chi connectivity index (χ1v) is 8.43. The number of fused-ring (bicyclic) bond motifs is 1. The molecule has 1 unspecified atom stereocenters. The summed E-state index contributed by atoms with van der Waals surface area (Å²) >= 11 is 1.54. The summed E-state index contributed by atoms with van der Waals surface area (Å²) in [5.74, 6) is 0.465. The van der Waals surface area contributed by atoms with Gasteiger partial charge < -0.3 is 5.32 Å². The number of non-ortho nitro benzene ring substituents is 1. The van der Waals surface area contributed by atoms with Crippen molar-refractivity contribution in [2.75, 3.05) is 5.32 Å². The van der Waals surface area contributed by atoms with Gasteiger partial charge in [-0.2, -0.15) is 0 Å². The molecular formula is C17H18N2O3S. The van der Waals surface area contributed by atoms with E-state index in [4.69, 9.17) is 0 Å². The number of benzene rings is 1. The van der Waals surface area contributed by atoms with E-state index in [-0.39, 0.29) is 11.6 Å². The molecular weight excluding hydrogens is 312 g/mol. The molecule has 0 bridgehead atoms. The van der Waals surface area contributed by atoms with Crippen molar-refractivity contribution in [2.45, 2.75) is 33.1 Å². The number of hydrogen-bond acceptors (Lipinski definition) is 4. The minimum absolute atomic E-state index is 0.0230. The van der Waals surface area contributed by atoms with E-state index in [2.05, 4.69) is 12.2 Å². The number of amides is 1. The van der Waals surface area contributed by atoms with E-state index in [1.807, 2.05) is 13.0 Å². The van der Waals surface area contributed by atoms with Crippen LogP contribution in [0.1, 0.15) is 39.0 Å². The van der Waals surface area contributed by atoms with Crippen LogP contribution in [0.4, 0.5) is 11.4 Å². The van der Waals surface area contributed by atoms with Crippen molar-refractivity contribution >= 4 is 28.6 Å². The number of carbonyl (C=O) groups excluding carboxylic acids is 1. The molecule has 0 saturated carbocycles. The summed E-state index contributed by atoms with van der Waals surface area (Å²) in [5, 5.41) is 13.7. The lowest BCUT2D eigenvalue weighted by molar-refractivity contribution is -0.384. The number of nitro groups is 1. The Morgan fingerprint density at radius 3 is 2.91 bits per heavy atom. The van der Waals surface area contributed by atoms with E-state index in [1.54, 1.807) is 6.07 Å². The summed E-state index contributed by atoms with van der Waals surface area (Å²) in [4.78, 5) is 24.9. The Morgan fingerprint density at radius 1 is 1.39 bits per heavy atom. The number of thiophene rings is 1. The van der Waals surface area contributed by atoms with Crippen LogP contribution in [-0.4, -0.2) is 10.8 Å². The van der Waals surface area contributed by atoms with E-state index in [1.165, 1.54) is 40.3 Å². The minimum atomic E-state index is -0.458. The summed E-state index contributed by atoms with van der Waals surface area (Å²) in [6.07, 6.45) is 3.22. The number of hydrogen-bond donors (Lipinski definition) is 1. The lowest BCUT2D eigenvalue weighted by Crippen LogP contribution is -2.11. The van der Waals surface area contributed by atoms with Gasteiger partial charge in [0.05, 0.1) is 15.5 Å². The summed E-state index contributed by atoms with van der Waals surface area (Å²) in [5.41, 5.74) is 2.54. The van der Waals surface area contributed by atoms with Crippen LogP contribution in [0, 0.1) is 23.0 Å². The van der Waals surface area contributed by atoms with Gasteiger partial charge in [-0.05, 0) is 49.3 Å². The third-order valence-electron chi connectivity index (χ3n) is 4.23. The van der Waals surface area contributed by atoms with Gasteiger partial charge in [-0.1, -0.05) is 13.0 Å². The van der Waals surface area contributed by atoms with Gasteiger partial charge in [0.1, 0.15) is 0 Å². The van der Waals surface area contributed by atoms with Crippen molar-refractivity contribution in [2.24, 2.45) is 5.92 Å². The first-order chi connectivity index (χ1) is 10.9. The van der Waals surface area contributed by atoms with Gasteiger partial charge in [0.2, 0.25) is 0 Å². The second kappa shape index (κ2) is 6.12. The third-order valence-corrected chi connectivity index (χ3v) is 5.47. The van der Waals surface area contributed by atoms with E-state index in [0.29, 0.717) is 16.5 Å². The zero-order chi connectivity index (χ0) is 16.6. The van der Waals surface area contributed by atoms with E-state index in [0.717, 1.165) is 18.4 Å². The molecule has 1 aromatic heterocycles. The summed E-state index contributed by atoms with van der Waals surface area (Å²) < 4.78 is 0. The molecule has 2 aromatic rings. The van der Waals surface area contributed by atoms with Crippen LogP contribution in [0.3, 0.4) is 0 Å². The van der Waals surface area contributed by atoms with Gasteiger partial charge in [0, 0.05) is 17.0 Å². The van der Waals surface area contributed by atoms with Crippen LogP contribution < -0.4 is 5.32 Å². The second-order valence-electron chi connectivity index (χ2n) is 6.12. The maximum Gasteiger partial charge on any atom is 0.271 e. The Kier molecular flexibility index (Phi) is 4.17. The van der Waals surface area contributed by atoms with Crippen molar-refractivity contribution in [3.63, 3.8) is 0 Å². The standard InChI is InChI=1S/C17H18N2O3S/c1-10-3-6-15-12(7-10)8-16(23-15)17(20)18-14-9-13(19(21)22)5-4-11(14)2/h4-5,8-10H,3,6-7H2,1-2H3,(H,18,20). The minimum Gasteiger partial charge on any atom is -0.321 e. The molecule has 6 heteroatoms. The molecule has 0 fully saturated rings. The predicted octanol–water partition coefficient (Wildman–Crippen LogP) is 4.34. The van der Waals surface area contributed by atoms with Crippen LogP contribution in [0.5, 0.6) is 0 Å². The Balaban J connectivity index is 1.82. The highest BCUT2D eigenvalue weighted by Crippen LogP contribution is 2.33. The van der Waals surface area contributed by atoms with Gasteiger partial charge in [-0.3, -0.25) is 14.9 Å². The van der Waals surface area contributed by atoms with Crippen molar-refractivity contribution < 1.29 is 9.72 Å². The molecule has 1 aliphatic rings. The molecule has 0 spiro atoms. The average Bonchev–Trinajstić information content (AvgIpc) is 2.92. The lowest BCUT2D eigenvalue weighted by atomic mass is 9.90. The number of rotatable bonds is 3. The molecule has 1 aliphatic carbocycles. The van der Waals surface area contributed by atoms with Gasteiger partial charge in [0.15, 0.2) is 0 Å². The first-order valence-electron chi connectivity index (χ1n) is 7.62. The second-order valence-corrected chi connectivity index (χ2v) is 7.25. The molecule has 5 nitrogen and oxygen atoms in total. The number of nitro benzene ring substituents is 1. The van der Waals surface area contributed by atoms with Gasteiger partial charge in [0.25, 0.3) is 11.6 Å². The van der Waals surface area contributed by atoms with Gasteiger partial charge in [-0.25, -0.2) is 0 Å². The predicted molar refractivity (Wildman–Crippen MR) is 91.3 cm³/mol. The monoisotopic (exact) mass is 330 g/mol. The number of nitrogens with one attached hydrogen (secondary N) is 1. The van der Waals surface area contributed by atoms with Crippen LogP contribution in [0.15, 0.2) is 24.3 Å². The van der Waals surface area contributed by atoms with Crippen LogP contribution in [0.25, 0.3) is 0 Å². The van der Waals surface area contributed by atoms with E-state index in [9.17, 15) is 14.9 Å². The third kappa shape index (κ3) is 3.27. The molecule has 0 aliphatic heterocycles. The maximum atomic E-state index is 12.5. The highest BCUT2D eigenvalue weighted by molar-refractivity contribution is 7.14. The van der Waals surface area contributed by atoms with Crippen molar-refractivity contribution in [3.8, 4) is 0 Å². The highest BCUT2D eigenvalue weighted by Gasteiger charge is 2.21. The molecule has 1 N–H and O–H groups in total. The summed E-state index contributed by atoms with van der Waals surface area (Å²) in [6, 6.07) is 6.46. The Labute approximate surface area is 138 Å². The Morgan fingerprint density at radius 2 is 2.17 bits per heavy atom. The first kappa shape index (κ1) is 15.7. The molecule has 1 amide bonds. The molecule has 120 valence electrons. The quantitative estimate of drug-likeness (QED) is 0.672. The fraction of sp³-hybridized carbons (Fsp3) is 0.353. The average molecular weight is 330 g/mol. The fourth-order valence-corrected chi connectivity index (χ4v) is 3.96. The zero-order valence-electron chi connectivity index (χ0n) is 13.1. The van der Waals surface area contributed by atoms with Crippen molar-refractivity contribution in [1.82, 2.24) is 0 Å². The van der Waals surface area contributed by atoms with Crippen molar-refractivity contribution in [1.29, 1.82) is 0 Å². The Hall–Kier alpha value is -2.21. The number of carbonyl (C=O) groups is 1.